The minimum Gasteiger partial charge on any atom is -0.508 e. The van der Waals surface area contributed by atoms with Crippen LogP contribution in [0.25, 0.3) is 0 Å². The molecule has 1 aromatic rings. The molecule has 3 N–H and O–H groups in total. The Balaban J connectivity index is 1.50. The Bertz CT molecular complexity index is 674. The van der Waals surface area contributed by atoms with Crippen molar-refractivity contribution in [1.82, 2.24) is 10.6 Å². The third-order valence-electron chi connectivity index (χ3n) is 5.52. The van der Waals surface area contributed by atoms with Gasteiger partial charge in [0, 0.05) is 25.0 Å². The van der Waals surface area contributed by atoms with Gasteiger partial charge in [-0.15, -0.1) is 0 Å². The molecule has 0 heterocycles. The van der Waals surface area contributed by atoms with Crippen LogP contribution in [-0.4, -0.2) is 41.7 Å². The first kappa shape index (κ1) is 20.6. The molecule has 28 heavy (non-hydrogen) atoms. The Hall–Kier alpha value is -2.08. The lowest BCUT2D eigenvalue weighted by Crippen LogP contribution is -2.50. The van der Waals surface area contributed by atoms with Gasteiger partial charge >= 0.3 is 0 Å². The Morgan fingerprint density at radius 1 is 1.18 bits per heavy atom. The summed E-state index contributed by atoms with van der Waals surface area (Å²) in [6.45, 7) is 2.69. The molecule has 154 valence electrons. The first-order valence-corrected chi connectivity index (χ1v) is 10.5. The third-order valence-corrected chi connectivity index (χ3v) is 5.52. The van der Waals surface area contributed by atoms with Gasteiger partial charge in [-0.3, -0.25) is 9.59 Å². The lowest BCUT2D eigenvalue weighted by atomic mass is 9.83. The lowest BCUT2D eigenvalue weighted by molar-refractivity contribution is -0.129. The van der Waals surface area contributed by atoms with Crippen LogP contribution >= 0.6 is 0 Å². The van der Waals surface area contributed by atoms with Gasteiger partial charge in [0.25, 0.3) is 0 Å². The summed E-state index contributed by atoms with van der Waals surface area (Å²) in [5.41, 5.74) is 0.939. The first-order valence-electron chi connectivity index (χ1n) is 10.5. The number of aryl methyl sites for hydroxylation is 1. The minimum atomic E-state index is -0.117. The number of rotatable bonds is 9. The maximum atomic E-state index is 12.4. The molecule has 0 bridgehead atoms. The molecule has 0 unspecified atom stereocenters. The quantitative estimate of drug-likeness (QED) is 0.607. The van der Waals surface area contributed by atoms with Gasteiger partial charge in [-0.05, 0) is 62.6 Å². The van der Waals surface area contributed by atoms with Crippen molar-refractivity contribution in [3.05, 3.63) is 29.8 Å². The molecule has 0 aliphatic heterocycles. The Labute approximate surface area is 167 Å². The normalized spacial score (nSPS) is 24.5. The molecule has 2 fully saturated rings. The second kappa shape index (κ2) is 9.92. The molecule has 2 aliphatic rings. The topological polar surface area (TPSA) is 87.7 Å². The molecule has 6 nitrogen and oxygen atoms in total. The lowest BCUT2D eigenvalue weighted by Gasteiger charge is -2.36. The van der Waals surface area contributed by atoms with E-state index in [1.165, 1.54) is 0 Å². The number of carbonyl (C=O) groups is 2. The molecular weight excluding hydrogens is 356 g/mol. The van der Waals surface area contributed by atoms with Gasteiger partial charge in [-0.1, -0.05) is 19.1 Å². The highest BCUT2D eigenvalue weighted by molar-refractivity contribution is 5.79. The molecule has 2 aliphatic carbocycles. The number of amides is 2. The van der Waals surface area contributed by atoms with E-state index in [-0.39, 0.29) is 35.6 Å². The number of benzene rings is 1. The third kappa shape index (κ3) is 6.23. The van der Waals surface area contributed by atoms with Crippen molar-refractivity contribution in [2.24, 2.45) is 5.92 Å². The predicted molar refractivity (Wildman–Crippen MR) is 107 cm³/mol. The zero-order valence-corrected chi connectivity index (χ0v) is 16.7. The second-order valence-corrected chi connectivity index (χ2v) is 8.05. The van der Waals surface area contributed by atoms with Crippen LogP contribution in [0.4, 0.5) is 0 Å². The van der Waals surface area contributed by atoms with Gasteiger partial charge in [-0.2, -0.15) is 0 Å². The first-order chi connectivity index (χ1) is 13.5. The molecule has 2 saturated carbocycles. The number of carbonyl (C=O) groups excluding carboxylic acids is 2. The number of ether oxygens (including phenoxy) is 1. The summed E-state index contributed by atoms with van der Waals surface area (Å²) in [7, 11) is 0. The van der Waals surface area contributed by atoms with Crippen LogP contribution in [-0.2, 0) is 20.7 Å². The number of nitrogens with one attached hydrogen (secondary N) is 2. The van der Waals surface area contributed by atoms with Crippen LogP contribution in [0.5, 0.6) is 5.75 Å². The van der Waals surface area contributed by atoms with Gasteiger partial charge in [0.15, 0.2) is 0 Å². The molecule has 0 radical (unpaired) electrons. The SMILES string of the molecule is CCCO[C@@H]1C[C@@H](C(=O)NC2CC2)CC[C@H]1NC(=O)CCc1cccc(O)c1. The van der Waals surface area contributed by atoms with E-state index >= 15 is 0 Å². The summed E-state index contributed by atoms with van der Waals surface area (Å²) < 4.78 is 6.00. The molecule has 1 aromatic carbocycles. The van der Waals surface area contributed by atoms with Crippen molar-refractivity contribution in [3.63, 3.8) is 0 Å². The second-order valence-electron chi connectivity index (χ2n) is 8.05. The molecule has 0 saturated heterocycles. The van der Waals surface area contributed by atoms with Crippen LogP contribution in [0.3, 0.4) is 0 Å². The zero-order valence-electron chi connectivity index (χ0n) is 16.7. The van der Waals surface area contributed by atoms with Gasteiger partial charge in [0.05, 0.1) is 12.1 Å². The number of phenolic OH excluding ortho intramolecular Hbond substituents is 1. The fourth-order valence-electron chi connectivity index (χ4n) is 3.78. The summed E-state index contributed by atoms with van der Waals surface area (Å²) in [5, 5.41) is 15.7. The molecule has 2 amide bonds. The fourth-order valence-corrected chi connectivity index (χ4v) is 3.78. The number of hydrogen-bond donors (Lipinski definition) is 3. The Kier molecular flexibility index (Phi) is 7.31. The van der Waals surface area contributed by atoms with Crippen LogP contribution in [0.2, 0.25) is 0 Å². The van der Waals surface area contributed by atoms with Crippen molar-refractivity contribution in [2.75, 3.05) is 6.61 Å². The van der Waals surface area contributed by atoms with Crippen molar-refractivity contribution >= 4 is 11.8 Å². The number of aromatic hydroxyl groups is 1. The number of hydrogen-bond acceptors (Lipinski definition) is 4. The average molecular weight is 389 g/mol. The van der Waals surface area contributed by atoms with E-state index in [0.717, 1.165) is 37.7 Å². The average Bonchev–Trinajstić information content (AvgIpc) is 3.49. The summed E-state index contributed by atoms with van der Waals surface area (Å²) >= 11 is 0. The Morgan fingerprint density at radius 2 is 2.00 bits per heavy atom. The Morgan fingerprint density at radius 3 is 2.71 bits per heavy atom. The summed E-state index contributed by atoms with van der Waals surface area (Å²) in [6.07, 6.45) is 6.12. The molecule has 3 rings (SSSR count). The summed E-state index contributed by atoms with van der Waals surface area (Å²) in [4.78, 5) is 24.9. The van der Waals surface area contributed by atoms with Crippen molar-refractivity contribution < 1.29 is 19.4 Å². The van der Waals surface area contributed by atoms with E-state index < -0.39 is 0 Å². The number of phenols is 1. The van der Waals surface area contributed by atoms with E-state index in [1.54, 1.807) is 18.2 Å². The largest absolute Gasteiger partial charge is 0.508 e. The standard InChI is InChI=1S/C22H32N2O4/c1-2-12-28-20-14-16(22(27)23-17-8-9-17)7-10-19(20)24-21(26)11-6-15-4-3-5-18(25)13-15/h3-5,13,16-17,19-20,25H,2,6-12,14H2,1H3,(H,23,27)(H,24,26)/t16-,19+,20+/m0/s1. The minimum absolute atomic E-state index is 0.0145. The molecule has 3 atom stereocenters. The highest BCUT2D eigenvalue weighted by atomic mass is 16.5. The van der Waals surface area contributed by atoms with E-state index in [4.69, 9.17) is 4.74 Å². The van der Waals surface area contributed by atoms with E-state index in [1.807, 2.05) is 6.07 Å². The molecule has 0 spiro atoms. The zero-order chi connectivity index (χ0) is 19.9. The highest BCUT2D eigenvalue weighted by Crippen LogP contribution is 2.29. The highest BCUT2D eigenvalue weighted by Gasteiger charge is 2.36. The van der Waals surface area contributed by atoms with Gasteiger partial charge in [-0.25, -0.2) is 0 Å². The maximum Gasteiger partial charge on any atom is 0.223 e. The van der Waals surface area contributed by atoms with Gasteiger partial charge < -0.3 is 20.5 Å². The smallest absolute Gasteiger partial charge is 0.223 e. The summed E-state index contributed by atoms with van der Waals surface area (Å²) in [5.74, 6) is 0.317. The van der Waals surface area contributed by atoms with Crippen LogP contribution in [0.15, 0.2) is 24.3 Å². The maximum absolute atomic E-state index is 12.4. The van der Waals surface area contributed by atoms with E-state index in [9.17, 15) is 14.7 Å². The predicted octanol–water partition coefficient (Wildman–Crippen LogP) is 2.68. The van der Waals surface area contributed by atoms with E-state index in [2.05, 4.69) is 17.6 Å². The van der Waals surface area contributed by atoms with Crippen molar-refractivity contribution in [1.29, 1.82) is 0 Å². The molecule has 0 aromatic heterocycles. The monoisotopic (exact) mass is 388 g/mol. The fraction of sp³-hybridized carbons (Fsp3) is 0.636. The van der Waals surface area contributed by atoms with Gasteiger partial charge in [0.1, 0.15) is 5.75 Å². The van der Waals surface area contributed by atoms with Gasteiger partial charge in [0.2, 0.25) is 11.8 Å². The van der Waals surface area contributed by atoms with Crippen molar-refractivity contribution in [2.45, 2.75) is 76.5 Å². The van der Waals surface area contributed by atoms with Crippen LogP contribution in [0.1, 0.15) is 57.4 Å². The molecular formula is C22H32N2O4. The van der Waals surface area contributed by atoms with Crippen LogP contribution in [0, 0.1) is 5.92 Å². The van der Waals surface area contributed by atoms with E-state index in [0.29, 0.717) is 31.9 Å². The molecule has 6 heteroatoms. The van der Waals surface area contributed by atoms with Crippen LogP contribution < -0.4 is 10.6 Å². The van der Waals surface area contributed by atoms with Crippen molar-refractivity contribution in [3.8, 4) is 5.75 Å². The summed E-state index contributed by atoms with van der Waals surface area (Å²) in [6, 6.07) is 7.32.